The Morgan fingerprint density at radius 2 is 1.45 bits per heavy atom. The summed E-state index contributed by atoms with van der Waals surface area (Å²) in [4.78, 5) is 24.6. The molecule has 0 amide bonds. The number of hydrogen-bond acceptors (Lipinski definition) is 5. The lowest BCUT2D eigenvalue weighted by Gasteiger charge is -2.28. The zero-order valence-electron chi connectivity index (χ0n) is 26.8. The van der Waals surface area contributed by atoms with Crippen molar-refractivity contribution >= 4 is 11.9 Å². The fourth-order valence-corrected chi connectivity index (χ4v) is 5.71. The second-order valence-electron chi connectivity index (χ2n) is 12.2. The van der Waals surface area contributed by atoms with Crippen molar-refractivity contribution in [3.05, 3.63) is 59.4 Å². The van der Waals surface area contributed by atoms with Crippen molar-refractivity contribution in [1.82, 2.24) is 0 Å². The monoisotopic (exact) mass is 614 g/mol. The number of aryl methyl sites for hydroxylation is 1. The van der Waals surface area contributed by atoms with Crippen LogP contribution in [0.2, 0.25) is 0 Å². The lowest BCUT2D eigenvalue weighted by Crippen LogP contribution is -2.29. The van der Waals surface area contributed by atoms with E-state index in [-0.39, 0.29) is 18.1 Å². The van der Waals surface area contributed by atoms with Crippen molar-refractivity contribution in [2.24, 2.45) is 5.92 Å². The molecule has 1 aliphatic carbocycles. The van der Waals surface area contributed by atoms with Gasteiger partial charge in [-0.05, 0) is 87.1 Å². The summed E-state index contributed by atoms with van der Waals surface area (Å²) in [5.41, 5.74) is 0.997. The lowest BCUT2D eigenvalue weighted by molar-refractivity contribution is -0.157. The molecule has 0 heterocycles. The quantitative estimate of drug-likeness (QED) is 0.0844. The molecule has 1 aliphatic rings. The highest BCUT2D eigenvalue weighted by molar-refractivity contribution is 5.91. The number of alkyl halides is 1. The fraction of sp³-hybridized carbons (Fsp3) is 0.622. The maximum absolute atomic E-state index is 14.7. The molecule has 1 saturated carbocycles. The molecule has 7 heteroatoms. The fourth-order valence-electron chi connectivity index (χ4n) is 5.71. The average Bonchev–Trinajstić information content (AvgIpc) is 3.03. The molecule has 2 aromatic carbocycles. The van der Waals surface area contributed by atoms with Crippen LogP contribution in [0.1, 0.15) is 133 Å². The van der Waals surface area contributed by atoms with E-state index in [0.29, 0.717) is 30.4 Å². The number of rotatable bonds is 20. The lowest BCUT2D eigenvalue weighted by atomic mass is 9.83. The Labute approximate surface area is 263 Å². The molecule has 2 aromatic rings. The van der Waals surface area contributed by atoms with Crippen LogP contribution in [0.4, 0.5) is 8.78 Å². The minimum Gasteiger partial charge on any atom is -0.493 e. The second-order valence-corrected chi connectivity index (χ2v) is 12.2. The number of ether oxygens (including phenoxy) is 3. The maximum atomic E-state index is 14.7. The largest absolute Gasteiger partial charge is 0.493 e. The summed E-state index contributed by atoms with van der Waals surface area (Å²) in [6, 6.07) is 11.6. The van der Waals surface area contributed by atoms with Gasteiger partial charge in [0, 0.05) is 6.07 Å². The standard InChI is InChI=1S/C37H52F2O5/c1-3-5-7-8-9-10-11-12-26-42-32-24-25-33(35(39)27-32)36(40)43-30-20-16-28(17-21-30)14-15-29-18-22-31(23-19-29)44-37(41)34(38)13-6-4-2/h16-17,20-21,24-25,27,29,31,34H,3-15,18-19,22-23,26H2,1-2H3/t29-,31-,34-/m0/s1. The molecule has 1 fully saturated rings. The third-order valence-electron chi connectivity index (χ3n) is 8.55. The minimum absolute atomic E-state index is 0.127. The SMILES string of the molecule is CCCCCCCCCCOc1ccc(C(=O)Oc2ccc(CC[C@H]3CC[C@H](OC(=O)[C@@H](F)CCCC)CC3)cc2)c(F)c1. The number of halogens is 2. The van der Waals surface area contributed by atoms with Gasteiger partial charge in [-0.25, -0.2) is 18.4 Å². The van der Waals surface area contributed by atoms with E-state index in [0.717, 1.165) is 63.4 Å². The summed E-state index contributed by atoms with van der Waals surface area (Å²) in [6.45, 7) is 4.72. The Morgan fingerprint density at radius 1 is 0.818 bits per heavy atom. The topological polar surface area (TPSA) is 61.8 Å². The van der Waals surface area contributed by atoms with Crippen LogP contribution in [0.15, 0.2) is 42.5 Å². The van der Waals surface area contributed by atoms with Crippen molar-refractivity contribution < 1.29 is 32.6 Å². The predicted molar refractivity (Wildman–Crippen MR) is 170 cm³/mol. The summed E-state index contributed by atoms with van der Waals surface area (Å²) in [7, 11) is 0. The van der Waals surface area contributed by atoms with Crippen molar-refractivity contribution in [2.75, 3.05) is 6.61 Å². The van der Waals surface area contributed by atoms with E-state index in [1.807, 2.05) is 19.1 Å². The van der Waals surface area contributed by atoms with Crippen molar-refractivity contribution in [3.8, 4) is 11.5 Å². The molecule has 1 atom stereocenters. The van der Waals surface area contributed by atoms with Crippen molar-refractivity contribution in [2.45, 2.75) is 135 Å². The summed E-state index contributed by atoms with van der Waals surface area (Å²) < 4.78 is 45.1. The highest BCUT2D eigenvalue weighted by Gasteiger charge is 2.27. The third-order valence-corrected chi connectivity index (χ3v) is 8.55. The number of carbonyl (C=O) groups is 2. The number of benzene rings is 2. The smallest absolute Gasteiger partial charge is 0.346 e. The Bertz CT molecular complexity index is 1110. The highest BCUT2D eigenvalue weighted by Crippen LogP contribution is 2.30. The van der Waals surface area contributed by atoms with Gasteiger partial charge in [-0.15, -0.1) is 0 Å². The molecule has 0 radical (unpaired) electrons. The number of unbranched alkanes of at least 4 members (excludes halogenated alkanes) is 8. The van der Waals surface area contributed by atoms with Gasteiger partial charge in [0.25, 0.3) is 0 Å². The van der Waals surface area contributed by atoms with E-state index in [2.05, 4.69) is 6.92 Å². The molecule has 44 heavy (non-hydrogen) atoms. The maximum Gasteiger partial charge on any atom is 0.346 e. The van der Waals surface area contributed by atoms with Crippen LogP contribution in [0.25, 0.3) is 0 Å². The van der Waals surface area contributed by atoms with Crippen LogP contribution in [-0.4, -0.2) is 30.8 Å². The third kappa shape index (κ3) is 13.0. The molecule has 5 nitrogen and oxygen atoms in total. The van der Waals surface area contributed by atoms with Crippen molar-refractivity contribution in [1.29, 1.82) is 0 Å². The first-order valence-electron chi connectivity index (χ1n) is 17.0. The molecule has 0 bridgehead atoms. The van der Waals surface area contributed by atoms with Gasteiger partial charge in [-0.3, -0.25) is 0 Å². The van der Waals surface area contributed by atoms with Crippen LogP contribution in [0, 0.1) is 11.7 Å². The predicted octanol–water partition coefficient (Wildman–Crippen LogP) is 10.1. The van der Waals surface area contributed by atoms with Gasteiger partial charge in [0.15, 0.2) is 6.17 Å². The van der Waals surface area contributed by atoms with Gasteiger partial charge in [0.05, 0.1) is 12.2 Å². The molecule has 3 rings (SSSR count). The molecular formula is C37H52F2O5. The zero-order valence-corrected chi connectivity index (χ0v) is 26.8. The molecule has 0 aliphatic heterocycles. The van der Waals surface area contributed by atoms with Gasteiger partial charge in [0.2, 0.25) is 0 Å². The van der Waals surface area contributed by atoms with Gasteiger partial charge in [-0.1, -0.05) is 83.8 Å². The van der Waals surface area contributed by atoms with E-state index < -0.39 is 23.9 Å². The Morgan fingerprint density at radius 3 is 2.11 bits per heavy atom. The van der Waals surface area contributed by atoms with Crippen LogP contribution in [0.5, 0.6) is 11.5 Å². The summed E-state index contributed by atoms with van der Waals surface area (Å²) in [6.07, 6.45) is 15.0. The summed E-state index contributed by atoms with van der Waals surface area (Å²) in [5, 5.41) is 0. The first-order valence-corrected chi connectivity index (χ1v) is 17.0. The van der Waals surface area contributed by atoms with E-state index >= 15 is 0 Å². The Hall–Kier alpha value is -2.96. The van der Waals surface area contributed by atoms with Gasteiger partial charge < -0.3 is 14.2 Å². The van der Waals surface area contributed by atoms with E-state index in [4.69, 9.17) is 14.2 Å². The Kier molecular flexibility index (Phi) is 16.3. The molecule has 0 N–H and O–H groups in total. The number of hydrogen-bond donors (Lipinski definition) is 0. The van der Waals surface area contributed by atoms with Crippen molar-refractivity contribution in [3.63, 3.8) is 0 Å². The average molecular weight is 615 g/mol. The summed E-state index contributed by atoms with van der Waals surface area (Å²) >= 11 is 0. The molecule has 0 unspecified atom stereocenters. The number of esters is 2. The normalized spacial score (nSPS) is 17.2. The highest BCUT2D eigenvalue weighted by atomic mass is 19.1. The molecule has 0 saturated heterocycles. The molecular weight excluding hydrogens is 562 g/mol. The summed E-state index contributed by atoms with van der Waals surface area (Å²) in [5.74, 6) is -0.811. The van der Waals surface area contributed by atoms with Gasteiger partial charge >= 0.3 is 11.9 Å². The minimum atomic E-state index is -1.51. The molecule has 244 valence electrons. The number of carbonyl (C=O) groups excluding carboxylic acids is 2. The van der Waals surface area contributed by atoms with E-state index in [1.165, 1.54) is 50.7 Å². The van der Waals surface area contributed by atoms with Gasteiger partial charge in [0.1, 0.15) is 23.4 Å². The van der Waals surface area contributed by atoms with E-state index in [1.54, 1.807) is 18.2 Å². The van der Waals surface area contributed by atoms with Gasteiger partial charge in [-0.2, -0.15) is 0 Å². The van der Waals surface area contributed by atoms with E-state index in [9.17, 15) is 18.4 Å². The first kappa shape index (κ1) is 35.5. The van der Waals surface area contributed by atoms with Crippen LogP contribution < -0.4 is 9.47 Å². The zero-order chi connectivity index (χ0) is 31.6. The molecule has 0 aromatic heterocycles. The second kappa shape index (κ2) is 20.1. The van der Waals surface area contributed by atoms with Crippen LogP contribution in [-0.2, 0) is 16.0 Å². The first-order chi connectivity index (χ1) is 21.4. The van der Waals surface area contributed by atoms with Crippen LogP contribution >= 0.6 is 0 Å². The molecule has 0 spiro atoms. The Balaban J connectivity index is 1.33. The van der Waals surface area contributed by atoms with Crippen LogP contribution in [0.3, 0.4) is 0 Å².